The van der Waals surface area contributed by atoms with Crippen LogP contribution in [-0.2, 0) is 4.74 Å². The SMILES string of the molecule is C#CCOC(=O)c1ccccc1C. The van der Waals surface area contributed by atoms with Gasteiger partial charge in [-0.2, -0.15) is 0 Å². The molecule has 0 aliphatic heterocycles. The Kier molecular flexibility index (Phi) is 3.10. The molecule has 0 radical (unpaired) electrons. The maximum Gasteiger partial charge on any atom is 0.339 e. The van der Waals surface area contributed by atoms with Gasteiger partial charge >= 0.3 is 5.97 Å². The van der Waals surface area contributed by atoms with E-state index in [1.165, 1.54) is 0 Å². The van der Waals surface area contributed by atoms with Gasteiger partial charge in [0, 0.05) is 0 Å². The van der Waals surface area contributed by atoms with E-state index in [1.54, 1.807) is 12.1 Å². The van der Waals surface area contributed by atoms with Crippen molar-refractivity contribution in [3.63, 3.8) is 0 Å². The predicted molar refractivity (Wildman–Crippen MR) is 50.3 cm³/mol. The fraction of sp³-hybridized carbons (Fsp3) is 0.182. The van der Waals surface area contributed by atoms with Gasteiger partial charge in [-0.1, -0.05) is 24.1 Å². The van der Waals surface area contributed by atoms with Crippen molar-refractivity contribution in [2.24, 2.45) is 0 Å². The predicted octanol–water partition coefficient (Wildman–Crippen LogP) is 1.79. The van der Waals surface area contributed by atoms with E-state index in [1.807, 2.05) is 19.1 Å². The van der Waals surface area contributed by atoms with Gasteiger partial charge in [-0.15, -0.1) is 6.42 Å². The monoisotopic (exact) mass is 174 g/mol. The van der Waals surface area contributed by atoms with Crippen molar-refractivity contribution in [2.45, 2.75) is 6.92 Å². The summed E-state index contributed by atoms with van der Waals surface area (Å²) >= 11 is 0. The molecule has 0 saturated carbocycles. The number of aryl methyl sites for hydroxylation is 1. The van der Waals surface area contributed by atoms with Gasteiger partial charge in [0.1, 0.15) is 0 Å². The summed E-state index contributed by atoms with van der Waals surface area (Å²) in [5.74, 6) is 1.88. The first-order chi connectivity index (χ1) is 6.25. The minimum absolute atomic E-state index is 0.0210. The van der Waals surface area contributed by atoms with Gasteiger partial charge in [-0.25, -0.2) is 4.79 Å². The van der Waals surface area contributed by atoms with Gasteiger partial charge in [0.05, 0.1) is 5.56 Å². The number of ether oxygens (including phenoxy) is 1. The van der Waals surface area contributed by atoms with Crippen LogP contribution in [0.3, 0.4) is 0 Å². The van der Waals surface area contributed by atoms with E-state index in [-0.39, 0.29) is 12.6 Å². The van der Waals surface area contributed by atoms with Crippen LogP contribution in [0.5, 0.6) is 0 Å². The van der Waals surface area contributed by atoms with Crippen molar-refractivity contribution in [3.05, 3.63) is 35.4 Å². The third kappa shape index (κ3) is 2.34. The number of benzene rings is 1. The average Bonchev–Trinajstić information content (AvgIpc) is 2.15. The van der Waals surface area contributed by atoms with Crippen molar-refractivity contribution in [2.75, 3.05) is 6.61 Å². The highest BCUT2D eigenvalue weighted by Crippen LogP contribution is 2.07. The standard InChI is InChI=1S/C11H10O2/c1-3-8-13-11(12)10-7-5-4-6-9(10)2/h1,4-7H,8H2,2H3. The third-order valence-electron chi connectivity index (χ3n) is 1.65. The topological polar surface area (TPSA) is 26.3 Å². The Bertz CT molecular complexity index is 347. The molecule has 13 heavy (non-hydrogen) atoms. The molecule has 0 N–H and O–H groups in total. The number of esters is 1. The van der Waals surface area contributed by atoms with Gasteiger partial charge in [0.15, 0.2) is 6.61 Å². The van der Waals surface area contributed by atoms with Crippen LogP contribution >= 0.6 is 0 Å². The minimum atomic E-state index is -0.365. The molecular formula is C11H10O2. The Morgan fingerprint density at radius 3 is 2.85 bits per heavy atom. The first kappa shape index (κ1) is 9.34. The van der Waals surface area contributed by atoms with Gasteiger partial charge in [-0.3, -0.25) is 0 Å². The van der Waals surface area contributed by atoms with Gasteiger partial charge < -0.3 is 4.74 Å². The highest BCUT2D eigenvalue weighted by molar-refractivity contribution is 5.91. The Morgan fingerprint density at radius 1 is 1.54 bits per heavy atom. The number of carbonyl (C=O) groups excluding carboxylic acids is 1. The fourth-order valence-electron chi connectivity index (χ4n) is 0.987. The Labute approximate surface area is 77.5 Å². The first-order valence-electron chi connectivity index (χ1n) is 3.92. The summed E-state index contributed by atoms with van der Waals surface area (Å²) < 4.78 is 4.78. The minimum Gasteiger partial charge on any atom is -0.449 e. The van der Waals surface area contributed by atoms with E-state index >= 15 is 0 Å². The molecule has 0 atom stereocenters. The van der Waals surface area contributed by atoms with Crippen molar-refractivity contribution in [3.8, 4) is 12.3 Å². The number of carbonyl (C=O) groups is 1. The largest absolute Gasteiger partial charge is 0.449 e. The number of hydrogen-bond acceptors (Lipinski definition) is 2. The second kappa shape index (κ2) is 4.32. The molecule has 0 saturated heterocycles. The van der Waals surface area contributed by atoms with E-state index < -0.39 is 0 Å². The molecular weight excluding hydrogens is 164 g/mol. The lowest BCUT2D eigenvalue weighted by atomic mass is 10.1. The molecule has 66 valence electrons. The second-order valence-electron chi connectivity index (χ2n) is 2.60. The summed E-state index contributed by atoms with van der Waals surface area (Å²) in [5.41, 5.74) is 1.46. The number of hydrogen-bond donors (Lipinski definition) is 0. The quantitative estimate of drug-likeness (QED) is 0.504. The maximum absolute atomic E-state index is 11.3. The van der Waals surface area contributed by atoms with Gasteiger partial charge in [0.25, 0.3) is 0 Å². The average molecular weight is 174 g/mol. The normalized spacial score (nSPS) is 8.92. The fourth-order valence-corrected chi connectivity index (χ4v) is 0.987. The maximum atomic E-state index is 11.3. The first-order valence-corrected chi connectivity index (χ1v) is 3.92. The molecule has 2 nitrogen and oxygen atoms in total. The van der Waals surface area contributed by atoms with Gasteiger partial charge in [0.2, 0.25) is 0 Å². The lowest BCUT2D eigenvalue weighted by molar-refractivity contribution is 0.0556. The van der Waals surface area contributed by atoms with Gasteiger partial charge in [-0.05, 0) is 18.6 Å². The van der Waals surface area contributed by atoms with Crippen LogP contribution in [0.1, 0.15) is 15.9 Å². The lowest BCUT2D eigenvalue weighted by Crippen LogP contribution is -2.06. The summed E-state index contributed by atoms with van der Waals surface area (Å²) in [6, 6.07) is 7.23. The van der Waals surface area contributed by atoms with E-state index in [0.29, 0.717) is 5.56 Å². The van der Waals surface area contributed by atoms with E-state index in [0.717, 1.165) is 5.56 Å². The highest BCUT2D eigenvalue weighted by Gasteiger charge is 2.07. The molecule has 1 aromatic carbocycles. The smallest absolute Gasteiger partial charge is 0.339 e. The van der Waals surface area contributed by atoms with Crippen molar-refractivity contribution >= 4 is 5.97 Å². The molecule has 0 amide bonds. The highest BCUT2D eigenvalue weighted by atomic mass is 16.5. The summed E-state index contributed by atoms with van der Waals surface area (Å²) in [5, 5.41) is 0. The molecule has 0 heterocycles. The zero-order valence-corrected chi connectivity index (χ0v) is 7.41. The summed E-state index contributed by atoms with van der Waals surface area (Å²) in [4.78, 5) is 11.3. The number of rotatable bonds is 2. The molecule has 1 aromatic rings. The van der Waals surface area contributed by atoms with E-state index in [9.17, 15) is 4.79 Å². The zero-order chi connectivity index (χ0) is 9.68. The van der Waals surface area contributed by atoms with E-state index in [4.69, 9.17) is 11.2 Å². The van der Waals surface area contributed by atoms with Crippen LogP contribution in [0.25, 0.3) is 0 Å². The molecule has 0 bridgehead atoms. The molecule has 0 aromatic heterocycles. The Morgan fingerprint density at radius 2 is 2.23 bits per heavy atom. The number of terminal acetylenes is 1. The molecule has 0 unspecified atom stereocenters. The van der Waals surface area contributed by atoms with Crippen LogP contribution in [0.4, 0.5) is 0 Å². The second-order valence-corrected chi connectivity index (χ2v) is 2.60. The van der Waals surface area contributed by atoms with Crippen LogP contribution in [0.15, 0.2) is 24.3 Å². The molecule has 0 fully saturated rings. The summed E-state index contributed by atoms with van der Waals surface area (Å²) in [7, 11) is 0. The molecule has 0 aliphatic carbocycles. The third-order valence-corrected chi connectivity index (χ3v) is 1.65. The van der Waals surface area contributed by atoms with Crippen molar-refractivity contribution < 1.29 is 9.53 Å². The van der Waals surface area contributed by atoms with Crippen molar-refractivity contribution in [1.29, 1.82) is 0 Å². The molecule has 2 heteroatoms. The zero-order valence-electron chi connectivity index (χ0n) is 7.41. The van der Waals surface area contributed by atoms with Crippen LogP contribution in [0, 0.1) is 19.3 Å². The lowest BCUT2D eigenvalue weighted by Gasteiger charge is -2.03. The molecule has 0 aliphatic rings. The van der Waals surface area contributed by atoms with Crippen LogP contribution < -0.4 is 0 Å². The van der Waals surface area contributed by atoms with Crippen molar-refractivity contribution in [1.82, 2.24) is 0 Å². The van der Waals surface area contributed by atoms with Crippen LogP contribution in [0.2, 0.25) is 0 Å². The summed E-state index contributed by atoms with van der Waals surface area (Å²) in [6.45, 7) is 1.87. The molecule has 1 rings (SSSR count). The van der Waals surface area contributed by atoms with Crippen LogP contribution in [-0.4, -0.2) is 12.6 Å². The Balaban J connectivity index is 2.78. The van der Waals surface area contributed by atoms with E-state index in [2.05, 4.69) is 5.92 Å². The molecule has 0 spiro atoms. The Hall–Kier alpha value is -1.75. The summed E-state index contributed by atoms with van der Waals surface area (Å²) in [6.07, 6.45) is 4.97.